The summed E-state index contributed by atoms with van der Waals surface area (Å²) in [6.45, 7) is 3.97. The van der Waals surface area contributed by atoms with E-state index in [9.17, 15) is 9.59 Å². The number of benzene rings is 4. The Labute approximate surface area is 187 Å². The van der Waals surface area contributed by atoms with E-state index in [0.717, 1.165) is 22.3 Å². The number of aryl methyl sites for hydroxylation is 2. The highest BCUT2D eigenvalue weighted by atomic mass is 16.2. The molecule has 0 bridgehead atoms. The van der Waals surface area contributed by atoms with E-state index in [1.165, 1.54) is 0 Å². The zero-order valence-corrected chi connectivity index (χ0v) is 18.1. The molecule has 0 fully saturated rings. The standard InChI is InChI=1S/C28H24N2O2/c1-19-11-15-21(16-12-19)27(31)29-25-9-5-3-7-23(25)24-8-4-6-10-26(24)30-28(32)22-17-13-20(2)14-18-22/h3-18H,1-2H3,(H,29,31)(H,30,32). The third kappa shape index (κ3) is 4.76. The Bertz CT molecular complexity index is 1160. The van der Waals surface area contributed by atoms with Crippen molar-refractivity contribution in [2.75, 3.05) is 10.6 Å². The van der Waals surface area contributed by atoms with Crippen LogP contribution in [0, 0.1) is 13.8 Å². The van der Waals surface area contributed by atoms with Crippen LogP contribution < -0.4 is 10.6 Å². The Balaban J connectivity index is 1.63. The molecule has 0 saturated carbocycles. The van der Waals surface area contributed by atoms with Crippen LogP contribution in [0.15, 0.2) is 97.1 Å². The highest BCUT2D eigenvalue weighted by Gasteiger charge is 2.14. The van der Waals surface area contributed by atoms with E-state index >= 15 is 0 Å². The number of carbonyl (C=O) groups excluding carboxylic acids is 2. The Morgan fingerprint density at radius 1 is 0.500 bits per heavy atom. The van der Waals surface area contributed by atoms with Gasteiger partial charge in [0.2, 0.25) is 0 Å². The molecule has 0 spiro atoms. The Kier molecular flexibility index (Phi) is 6.13. The van der Waals surface area contributed by atoms with Crippen LogP contribution in [0.3, 0.4) is 0 Å². The van der Waals surface area contributed by atoms with Gasteiger partial charge in [-0.1, -0.05) is 71.8 Å². The maximum absolute atomic E-state index is 12.8. The summed E-state index contributed by atoms with van der Waals surface area (Å²) in [5.74, 6) is -0.364. The van der Waals surface area contributed by atoms with E-state index in [1.54, 1.807) is 0 Å². The van der Waals surface area contributed by atoms with Crippen LogP contribution in [-0.2, 0) is 0 Å². The molecule has 2 N–H and O–H groups in total. The van der Waals surface area contributed by atoms with Crippen LogP contribution in [0.5, 0.6) is 0 Å². The third-order valence-corrected chi connectivity index (χ3v) is 5.27. The van der Waals surface area contributed by atoms with Crippen LogP contribution in [0.1, 0.15) is 31.8 Å². The molecule has 0 saturated heterocycles. The van der Waals surface area contributed by atoms with Gasteiger partial charge in [-0.3, -0.25) is 9.59 Å². The van der Waals surface area contributed by atoms with Crippen molar-refractivity contribution in [3.63, 3.8) is 0 Å². The minimum Gasteiger partial charge on any atom is -0.321 e. The summed E-state index contributed by atoms with van der Waals surface area (Å²) < 4.78 is 0. The van der Waals surface area contributed by atoms with Gasteiger partial charge in [-0.2, -0.15) is 0 Å². The lowest BCUT2D eigenvalue weighted by Crippen LogP contribution is -2.14. The zero-order valence-electron chi connectivity index (χ0n) is 18.1. The SMILES string of the molecule is Cc1ccc(C(=O)Nc2ccccc2-c2ccccc2NC(=O)c2ccc(C)cc2)cc1. The number of hydrogen-bond donors (Lipinski definition) is 2. The van der Waals surface area contributed by atoms with Gasteiger partial charge in [0.25, 0.3) is 11.8 Å². The Morgan fingerprint density at radius 2 is 0.844 bits per heavy atom. The summed E-state index contributed by atoms with van der Waals surface area (Å²) in [4.78, 5) is 25.6. The van der Waals surface area contributed by atoms with Crippen molar-refractivity contribution in [1.82, 2.24) is 0 Å². The molecule has 4 aromatic rings. The Hall–Kier alpha value is -4.18. The second kappa shape index (κ2) is 9.31. The van der Waals surface area contributed by atoms with Crippen molar-refractivity contribution in [2.24, 2.45) is 0 Å². The molecular weight excluding hydrogens is 396 g/mol. The van der Waals surface area contributed by atoms with Gasteiger partial charge in [0.1, 0.15) is 0 Å². The van der Waals surface area contributed by atoms with Crippen LogP contribution in [0.4, 0.5) is 11.4 Å². The zero-order chi connectivity index (χ0) is 22.5. The molecule has 4 rings (SSSR count). The van der Waals surface area contributed by atoms with E-state index in [2.05, 4.69) is 10.6 Å². The fourth-order valence-corrected chi connectivity index (χ4v) is 3.45. The quantitative estimate of drug-likeness (QED) is 0.388. The molecule has 0 aliphatic rings. The summed E-state index contributed by atoms with van der Waals surface area (Å²) in [5, 5.41) is 6.02. The highest BCUT2D eigenvalue weighted by Crippen LogP contribution is 2.34. The Morgan fingerprint density at radius 3 is 1.22 bits per heavy atom. The lowest BCUT2D eigenvalue weighted by Gasteiger charge is -2.15. The predicted octanol–water partition coefficient (Wildman–Crippen LogP) is 6.48. The van der Waals surface area contributed by atoms with Crippen molar-refractivity contribution in [1.29, 1.82) is 0 Å². The molecule has 4 heteroatoms. The van der Waals surface area contributed by atoms with Crippen molar-refractivity contribution in [3.05, 3.63) is 119 Å². The molecule has 2 amide bonds. The van der Waals surface area contributed by atoms with Gasteiger partial charge >= 0.3 is 0 Å². The third-order valence-electron chi connectivity index (χ3n) is 5.27. The van der Waals surface area contributed by atoms with Crippen molar-refractivity contribution < 1.29 is 9.59 Å². The van der Waals surface area contributed by atoms with Crippen molar-refractivity contribution >= 4 is 23.2 Å². The molecule has 4 nitrogen and oxygen atoms in total. The molecule has 0 aliphatic carbocycles. The number of nitrogens with one attached hydrogen (secondary N) is 2. The molecule has 32 heavy (non-hydrogen) atoms. The van der Waals surface area contributed by atoms with E-state index in [-0.39, 0.29) is 11.8 Å². The first kappa shape index (κ1) is 21.1. The van der Waals surface area contributed by atoms with Gasteiger partial charge in [0.15, 0.2) is 0 Å². The highest BCUT2D eigenvalue weighted by molar-refractivity contribution is 6.09. The summed E-state index contributed by atoms with van der Waals surface area (Å²) in [7, 11) is 0. The summed E-state index contributed by atoms with van der Waals surface area (Å²) in [6.07, 6.45) is 0. The summed E-state index contributed by atoms with van der Waals surface area (Å²) in [6, 6.07) is 30.1. The van der Waals surface area contributed by atoms with Gasteiger partial charge in [0, 0.05) is 33.6 Å². The first-order valence-corrected chi connectivity index (χ1v) is 10.5. The molecule has 0 atom stereocenters. The van der Waals surface area contributed by atoms with E-state index in [4.69, 9.17) is 0 Å². The normalized spacial score (nSPS) is 10.4. The average Bonchev–Trinajstić information content (AvgIpc) is 2.81. The second-order valence-electron chi connectivity index (χ2n) is 7.73. The maximum Gasteiger partial charge on any atom is 0.255 e. The molecule has 0 unspecified atom stereocenters. The lowest BCUT2D eigenvalue weighted by molar-refractivity contribution is 0.101. The number of para-hydroxylation sites is 2. The molecular formula is C28H24N2O2. The average molecular weight is 421 g/mol. The smallest absolute Gasteiger partial charge is 0.255 e. The van der Waals surface area contributed by atoms with E-state index in [0.29, 0.717) is 22.5 Å². The lowest BCUT2D eigenvalue weighted by atomic mass is 10.0. The molecule has 0 radical (unpaired) electrons. The largest absolute Gasteiger partial charge is 0.321 e. The number of anilines is 2. The minimum absolute atomic E-state index is 0.182. The number of carbonyl (C=O) groups is 2. The molecule has 0 aliphatic heterocycles. The maximum atomic E-state index is 12.8. The summed E-state index contributed by atoms with van der Waals surface area (Å²) in [5.41, 5.74) is 6.38. The van der Waals surface area contributed by atoms with Gasteiger partial charge in [-0.15, -0.1) is 0 Å². The van der Waals surface area contributed by atoms with Crippen LogP contribution in [-0.4, -0.2) is 11.8 Å². The summed E-state index contributed by atoms with van der Waals surface area (Å²) >= 11 is 0. The van der Waals surface area contributed by atoms with Gasteiger partial charge in [0.05, 0.1) is 0 Å². The number of hydrogen-bond acceptors (Lipinski definition) is 2. The second-order valence-corrected chi connectivity index (χ2v) is 7.73. The van der Waals surface area contributed by atoms with E-state index < -0.39 is 0 Å². The van der Waals surface area contributed by atoms with Crippen molar-refractivity contribution in [2.45, 2.75) is 13.8 Å². The van der Waals surface area contributed by atoms with Crippen LogP contribution >= 0.6 is 0 Å². The molecule has 4 aromatic carbocycles. The fraction of sp³-hybridized carbons (Fsp3) is 0.0714. The van der Waals surface area contributed by atoms with Crippen molar-refractivity contribution in [3.8, 4) is 11.1 Å². The fourth-order valence-electron chi connectivity index (χ4n) is 3.45. The minimum atomic E-state index is -0.182. The van der Waals surface area contributed by atoms with Gasteiger partial charge < -0.3 is 10.6 Å². The van der Waals surface area contributed by atoms with Gasteiger partial charge in [-0.25, -0.2) is 0 Å². The number of rotatable bonds is 5. The predicted molar refractivity (Wildman–Crippen MR) is 130 cm³/mol. The first-order chi connectivity index (χ1) is 15.5. The number of amides is 2. The molecule has 158 valence electrons. The van der Waals surface area contributed by atoms with Gasteiger partial charge in [-0.05, 0) is 50.2 Å². The van der Waals surface area contributed by atoms with Crippen LogP contribution in [0.25, 0.3) is 11.1 Å². The monoisotopic (exact) mass is 420 g/mol. The van der Waals surface area contributed by atoms with Crippen LogP contribution in [0.2, 0.25) is 0 Å². The first-order valence-electron chi connectivity index (χ1n) is 10.5. The molecule has 0 aromatic heterocycles. The molecule has 0 heterocycles. The topological polar surface area (TPSA) is 58.2 Å². The van der Waals surface area contributed by atoms with E-state index in [1.807, 2.05) is 111 Å².